The molecule has 1 spiro atoms. The second-order valence-corrected chi connectivity index (χ2v) is 13.0. The zero-order chi connectivity index (χ0) is 33.1. The number of nitrogens with one attached hydrogen (secondary N) is 1. The number of unbranched alkanes of at least 4 members (excludes halogenated alkanes) is 2. The Morgan fingerprint density at radius 1 is 0.979 bits per heavy atom. The van der Waals surface area contributed by atoms with Crippen LogP contribution in [0.1, 0.15) is 50.7 Å². The molecule has 7 atom stereocenters. The number of rotatable bonds is 7. The number of hydrogen-bond acceptors (Lipinski definition) is 7. The van der Waals surface area contributed by atoms with Crippen molar-refractivity contribution in [1.82, 2.24) is 10.2 Å². The van der Waals surface area contributed by atoms with E-state index in [1.807, 2.05) is 30.3 Å². The molecule has 0 radical (unpaired) electrons. The van der Waals surface area contributed by atoms with Gasteiger partial charge >= 0.3 is 5.97 Å². The van der Waals surface area contributed by atoms with Crippen molar-refractivity contribution in [2.24, 2.45) is 11.8 Å². The predicted octanol–water partition coefficient (Wildman–Crippen LogP) is 4.13. The van der Waals surface area contributed by atoms with Crippen molar-refractivity contribution in [3.05, 3.63) is 89.5 Å². The molecular weight excluding hydrogens is 622 g/mol. The highest BCUT2D eigenvalue weighted by atomic mass is 35.5. The van der Waals surface area contributed by atoms with Gasteiger partial charge in [-0.05, 0) is 50.3 Å². The van der Waals surface area contributed by atoms with Crippen molar-refractivity contribution in [2.75, 3.05) is 24.6 Å². The van der Waals surface area contributed by atoms with Gasteiger partial charge in [0.15, 0.2) is 0 Å². The largest absolute Gasteiger partial charge is 0.455 e. The van der Waals surface area contributed by atoms with Gasteiger partial charge in [0.05, 0.1) is 28.8 Å². The number of nitrogens with zero attached hydrogens (tertiary/aromatic N) is 2. The van der Waals surface area contributed by atoms with E-state index < -0.39 is 47.7 Å². The predicted molar refractivity (Wildman–Crippen MR) is 175 cm³/mol. The molecule has 0 bridgehead atoms. The summed E-state index contributed by atoms with van der Waals surface area (Å²) in [5.41, 5.74) is -0.243. The molecule has 3 amide bonds. The third-order valence-corrected chi connectivity index (χ3v) is 9.86. The maximum Gasteiger partial charge on any atom is 0.313 e. The van der Waals surface area contributed by atoms with Gasteiger partial charge < -0.3 is 29.7 Å². The minimum absolute atomic E-state index is 0.0262. The molecule has 248 valence electrons. The van der Waals surface area contributed by atoms with Gasteiger partial charge in [-0.2, -0.15) is 0 Å². The van der Waals surface area contributed by atoms with Crippen LogP contribution in [0.3, 0.4) is 0 Å². The smallest absolute Gasteiger partial charge is 0.313 e. The lowest BCUT2D eigenvalue weighted by atomic mass is 9.77. The molecule has 6 rings (SSSR count). The molecule has 47 heavy (non-hydrogen) atoms. The van der Waals surface area contributed by atoms with Crippen molar-refractivity contribution in [3.63, 3.8) is 0 Å². The highest BCUT2D eigenvalue weighted by Crippen LogP contribution is 2.53. The first-order chi connectivity index (χ1) is 22.8. The van der Waals surface area contributed by atoms with Crippen molar-refractivity contribution in [1.29, 1.82) is 0 Å². The summed E-state index contributed by atoms with van der Waals surface area (Å²) in [6.45, 7) is 2.26. The Balaban J connectivity index is 1.43. The number of ether oxygens (including phenoxy) is 2. The number of allylic oxidation sites excluding steroid dienone is 1. The van der Waals surface area contributed by atoms with Crippen LogP contribution in [0.4, 0.5) is 5.69 Å². The van der Waals surface area contributed by atoms with Crippen molar-refractivity contribution >= 4 is 41.0 Å². The third kappa shape index (κ3) is 6.22. The van der Waals surface area contributed by atoms with Crippen LogP contribution in [-0.2, 0) is 28.7 Å². The minimum Gasteiger partial charge on any atom is -0.455 e. The zero-order valence-electron chi connectivity index (χ0n) is 26.3. The number of fused-ring (bicyclic) bond motifs is 2. The monoisotopic (exact) mass is 661 g/mol. The number of carbonyl (C=O) groups is 4. The van der Waals surface area contributed by atoms with Gasteiger partial charge in [-0.25, -0.2) is 0 Å². The molecule has 10 nitrogen and oxygen atoms in total. The summed E-state index contributed by atoms with van der Waals surface area (Å²) in [5, 5.41) is 12.7. The van der Waals surface area contributed by atoms with Gasteiger partial charge in [0.25, 0.3) is 5.91 Å². The van der Waals surface area contributed by atoms with Crippen LogP contribution in [0.15, 0.2) is 78.9 Å². The number of likely N-dealkylation sites (tertiary alicyclic amines) is 1. The van der Waals surface area contributed by atoms with Crippen molar-refractivity contribution < 1.29 is 33.8 Å². The summed E-state index contributed by atoms with van der Waals surface area (Å²) in [7, 11) is 0. The van der Waals surface area contributed by atoms with Crippen molar-refractivity contribution in [3.8, 4) is 0 Å². The van der Waals surface area contributed by atoms with Crippen LogP contribution in [0.5, 0.6) is 0 Å². The molecule has 0 aromatic heterocycles. The zero-order valence-corrected chi connectivity index (χ0v) is 27.1. The average molecular weight is 662 g/mol. The lowest BCUT2D eigenvalue weighted by Crippen LogP contribution is -2.55. The number of hydrogen-bond donors (Lipinski definition) is 2. The Hall–Kier alpha value is -3.99. The molecule has 2 N–H and O–H groups in total. The van der Waals surface area contributed by atoms with E-state index in [0.717, 1.165) is 0 Å². The molecule has 0 unspecified atom stereocenters. The fourth-order valence-electron chi connectivity index (χ4n) is 7.40. The summed E-state index contributed by atoms with van der Waals surface area (Å²) in [4.78, 5) is 59.5. The van der Waals surface area contributed by atoms with Gasteiger partial charge in [-0.1, -0.05) is 78.4 Å². The lowest BCUT2D eigenvalue weighted by molar-refractivity contribution is -0.161. The number of benzene rings is 2. The molecule has 0 aliphatic carbocycles. The number of aliphatic hydroxyl groups is 1. The standard InChI is InChI=1S/C36H40ClN3O7/c1-23-31(24-13-4-2-5-14-24)46-35(45)29-27(17-8-9-18-28(42)38-23)47-36-19-12-21-39(26-16-7-6-15-25(26)37)34(44)32(36)40(33(43)30(29)36)20-10-3-11-22-41/h2,4-8,12-17,19,23,27,29-32,41H,3,9-11,18,20-22H2,1H3,(H,38,42)/b17-8-/t23-,27-,29+,30+,31+,32-,36+/m1/s1. The van der Waals surface area contributed by atoms with E-state index in [4.69, 9.17) is 21.1 Å². The van der Waals surface area contributed by atoms with E-state index in [2.05, 4.69) is 5.32 Å². The third-order valence-electron chi connectivity index (χ3n) is 9.54. The molecule has 0 saturated carbocycles. The minimum atomic E-state index is -1.46. The number of anilines is 1. The van der Waals surface area contributed by atoms with Crippen molar-refractivity contribution in [2.45, 2.75) is 68.9 Å². The van der Waals surface area contributed by atoms with Crippen LogP contribution >= 0.6 is 11.6 Å². The maximum absolute atomic E-state index is 14.6. The number of halogens is 1. The SMILES string of the molecule is C[C@H]1NC(=O)CC/C=C\[C@H]2O[C@]34C=CCN(c5ccccc5Cl)C(=O)[C@H]3N(CCCCCO)C(=O)[C@@H]4[C@H]2C(=O)O[C@@H]1c1ccccc1. The van der Waals surface area contributed by atoms with E-state index in [9.17, 15) is 24.3 Å². The number of carbonyl (C=O) groups excluding carboxylic acids is 4. The Labute approximate surface area is 279 Å². The van der Waals surface area contributed by atoms with E-state index >= 15 is 0 Å². The number of para-hydroxylation sites is 1. The fourth-order valence-corrected chi connectivity index (χ4v) is 7.64. The summed E-state index contributed by atoms with van der Waals surface area (Å²) in [6, 6.07) is 14.6. The summed E-state index contributed by atoms with van der Waals surface area (Å²) in [6.07, 6.45) is 7.78. The first-order valence-electron chi connectivity index (χ1n) is 16.3. The molecular formula is C36H40ClN3O7. The number of esters is 1. The molecule has 11 heteroatoms. The Morgan fingerprint density at radius 3 is 2.51 bits per heavy atom. The molecule has 2 aromatic carbocycles. The second-order valence-electron chi connectivity index (χ2n) is 12.6. The van der Waals surface area contributed by atoms with Crippen LogP contribution < -0.4 is 10.2 Å². The lowest BCUT2D eigenvalue weighted by Gasteiger charge is -2.35. The van der Waals surface area contributed by atoms with Crippen LogP contribution in [-0.4, -0.2) is 77.2 Å². The van der Waals surface area contributed by atoms with Crippen LogP contribution in [0.2, 0.25) is 5.02 Å². The first-order valence-corrected chi connectivity index (χ1v) is 16.7. The summed E-state index contributed by atoms with van der Waals surface area (Å²) < 4.78 is 13.0. The van der Waals surface area contributed by atoms with Gasteiger partial charge in [0.1, 0.15) is 23.7 Å². The Bertz CT molecular complexity index is 1560. The Kier molecular flexibility index (Phi) is 9.82. The molecule has 4 heterocycles. The maximum atomic E-state index is 14.6. The fraction of sp³-hybridized carbons (Fsp3) is 0.444. The van der Waals surface area contributed by atoms with Gasteiger partial charge in [-0.3, -0.25) is 19.2 Å². The van der Waals surface area contributed by atoms with Gasteiger partial charge in [0.2, 0.25) is 11.8 Å². The Morgan fingerprint density at radius 2 is 1.74 bits per heavy atom. The quantitative estimate of drug-likeness (QED) is 0.260. The molecule has 2 aromatic rings. The van der Waals surface area contributed by atoms with Gasteiger partial charge in [-0.15, -0.1) is 0 Å². The number of aliphatic hydroxyl groups excluding tert-OH is 1. The molecule has 2 saturated heterocycles. The van der Waals surface area contributed by atoms with Crippen LogP contribution in [0.25, 0.3) is 0 Å². The van der Waals surface area contributed by atoms with E-state index in [0.29, 0.717) is 42.0 Å². The second kappa shape index (κ2) is 14.0. The van der Waals surface area contributed by atoms with E-state index in [-0.39, 0.29) is 43.8 Å². The van der Waals surface area contributed by atoms with E-state index in [1.54, 1.807) is 65.3 Å². The summed E-state index contributed by atoms with van der Waals surface area (Å²) >= 11 is 6.56. The number of cyclic esters (lactones) is 1. The topological polar surface area (TPSA) is 125 Å². The highest BCUT2D eigenvalue weighted by molar-refractivity contribution is 6.34. The van der Waals surface area contributed by atoms with Crippen LogP contribution in [0, 0.1) is 11.8 Å². The highest BCUT2D eigenvalue weighted by Gasteiger charge is 2.71. The molecule has 4 aliphatic rings. The van der Waals surface area contributed by atoms with Gasteiger partial charge in [0, 0.05) is 26.1 Å². The normalized spacial score (nSPS) is 31.6. The first kappa shape index (κ1) is 32.9. The van der Waals surface area contributed by atoms with E-state index in [1.165, 1.54) is 0 Å². The number of amides is 3. The molecule has 2 fully saturated rings. The molecule has 4 aliphatic heterocycles. The summed E-state index contributed by atoms with van der Waals surface area (Å²) in [5.74, 6) is -3.63. The average Bonchev–Trinajstić information content (AvgIpc) is 3.44.